The van der Waals surface area contributed by atoms with Crippen LogP contribution in [0.2, 0.25) is 0 Å². The van der Waals surface area contributed by atoms with Crippen LogP contribution in [0.4, 0.5) is 11.5 Å². The van der Waals surface area contributed by atoms with Crippen LogP contribution in [0.1, 0.15) is 11.3 Å². The fourth-order valence-electron chi connectivity index (χ4n) is 1.57. The van der Waals surface area contributed by atoms with E-state index in [4.69, 9.17) is 0 Å². The number of halogens is 1. The monoisotopic (exact) mass is 310 g/mol. The summed E-state index contributed by atoms with van der Waals surface area (Å²) < 4.78 is 0. The molecule has 0 saturated heterocycles. The Balaban J connectivity index is 2.15. The van der Waals surface area contributed by atoms with Crippen LogP contribution >= 0.6 is 15.9 Å². The van der Waals surface area contributed by atoms with E-state index in [0.29, 0.717) is 17.6 Å². The molecule has 2 N–H and O–H groups in total. The Labute approximate surface area is 112 Å². The van der Waals surface area contributed by atoms with Gasteiger partial charge in [-0.05, 0) is 5.56 Å². The molecule has 0 spiro atoms. The van der Waals surface area contributed by atoms with E-state index in [2.05, 4.69) is 31.4 Å². The first-order valence-corrected chi connectivity index (χ1v) is 6.40. The fourth-order valence-corrected chi connectivity index (χ4v) is 1.96. The molecule has 6 nitrogen and oxygen atoms in total. The van der Waals surface area contributed by atoms with Gasteiger partial charge in [-0.25, -0.2) is 0 Å². The molecular formula is C11H11BrN4O2. The van der Waals surface area contributed by atoms with Crippen molar-refractivity contribution in [2.75, 3.05) is 5.32 Å². The van der Waals surface area contributed by atoms with E-state index in [9.17, 15) is 10.1 Å². The summed E-state index contributed by atoms with van der Waals surface area (Å²) in [7, 11) is 0. The Kier molecular flexibility index (Phi) is 3.93. The van der Waals surface area contributed by atoms with Crippen molar-refractivity contribution >= 4 is 27.4 Å². The van der Waals surface area contributed by atoms with E-state index in [0.717, 1.165) is 5.56 Å². The summed E-state index contributed by atoms with van der Waals surface area (Å²) in [4.78, 5) is 10.5. The number of benzene rings is 1. The van der Waals surface area contributed by atoms with Gasteiger partial charge in [-0.3, -0.25) is 15.2 Å². The number of anilines is 1. The normalized spacial score (nSPS) is 10.3. The van der Waals surface area contributed by atoms with Crippen LogP contribution < -0.4 is 5.32 Å². The Morgan fingerprint density at radius 1 is 1.39 bits per heavy atom. The zero-order valence-corrected chi connectivity index (χ0v) is 11.0. The maximum absolute atomic E-state index is 11.0. The summed E-state index contributed by atoms with van der Waals surface area (Å²) in [6, 6.07) is 9.64. The van der Waals surface area contributed by atoms with E-state index >= 15 is 0 Å². The summed E-state index contributed by atoms with van der Waals surface area (Å²) in [5, 5.41) is 20.8. The second-order valence-corrected chi connectivity index (χ2v) is 4.19. The third-order valence-corrected chi connectivity index (χ3v) is 2.99. The number of rotatable bonds is 5. The van der Waals surface area contributed by atoms with Gasteiger partial charge in [0.15, 0.2) is 0 Å². The summed E-state index contributed by atoms with van der Waals surface area (Å²) in [5.41, 5.74) is 1.48. The lowest BCUT2D eigenvalue weighted by Gasteiger charge is -2.02. The third-order valence-electron chi connectivity index (χ3n) is 2.43. The number of H-pyrrole nitrogens is 1. The SMILES string of the molecule is O=[N+]([O-])c1c(NCc2ccccc2)n[nH]c1CBr. The Hall–Kier alpha value is -1.89. The van der Waals surface area contributed by atoms with Gasteiger partial charge in [0.25, 0.3) is 0 Å². The van der Waals surface area contributed by atoms with Gasteiger partial charge in [-0.15, -0.1) is 0 Å². The molecule has 2 aromatic rings. The fraction of sp³-hybridized carbons (Fsp3) is 0.182. The summed E-state index contributed by atoms with van der Waals surface area (Å²) in [6.45, 7) is 0.494. The molecule has 7 heteroatoms. The minimum Gasteiger partial charge on any atom is -0.359 e. The minimum atomic E-state index is -0.437. The van der Waals surface area contributed by atoms with Crippen LogP contribution in [0.25, 0.3) is 0 Å². The predicted molar refractivity (Wildman–Crippen MR) is 71.6 cm³/mol. The molecule has 18 heavy (non-hydrogen) atoms. The second-order valence-electron chi connectivity index (χ2n) is 3.63. The van der Waals surface area contributed by atoms with Crippen molar-refractivity contribution < 1.29 is 4.92 Å². The molecule has 0 atom stereocenters. The van der Waals surface area contributed by atoms with Crippen LogP contribution in [-0.2, 0) is 11.9 Å². The average molecular weight is 311 g/mol. The van der Waals surface area contributed by atoms with Crippen LogP contribution in [0.15, 0.2) is 30.3 Å². The molecule has 0 aliphatic carbocycles. The number of hydrogen-bond donors (Lipinski definition) is 2. The average Bonchev–Trinajstić information content (AvgIpc) is 2.80. The van der Waals surface area contributed by atoms with Crippen molar-refractivity contribution in [3.63, 3.8) is 0 Å². The number of alkyl halides is 1. The minimum absolute atomic E-state index is 0.0113. The molecule has 0 amide bonds. The van der Waals surface area contributed by atoms with Gasteiger partial charge < -0.3 is 5.32 Å². The van der Waals surface area contributed by atoms with Crippen LogP contribution in [0.5, 0.6) is 0 Å². The maximum atomic E-state index is 11.0. The van der Waals surface area contributed by atoms with Crippen molar-refractivity contribution in [1.29, 1.82) is 0 Å². The summed E-state index contributed by atoms with van der Waals surface area (Å²) in [5.74, 6) is 0.262. The molecule has 1 aromatic carbocycles. The zero-order valence-electron chi connectivity index (χ0n) is 9.39. The quantitative estimate of drug-likeness (QED) is 0.505. The molecule has 0 saturated carbocycles. The number of hydrogen-bond acceptors (Lipinski definition) is 4. The zero-order chi connectivity index (χ0) is 13.0. The molecule has 94 valence electrons. The highest BCUT2D eigenvalue weighted by Crippen LogP contribution is 2.27. The van der Waals surface area contributed by atoms with Gasteiger partial charge in [0.1, 0.15) is 5.69 Å². The summed E-state index contributed by atoms with van der Waals surface area (Å²) in [6.07, 6.45) is 0. The van der Waals surface area contributed by atoms with Crippen molar-refractivity contribution in [1.82, 2.24) is 10.2 Å². The standard InChI is InChI=1S/C11H11BrN4O2/c12-6-9-10(16(17)18)11(15-14-9)13-7-8-4-2-1-3-5-8/h1-5H,6-7H2,(H2,13,14,15). The molecule has 0 unspecified atom stereocenters. The number of aromatic amines is 1. The Morgan fingerprint density at radius 3 is 2.72 bits per heavy atom. The summed E-state index contributed by atoms with van der Waals surface area (Å²) >= 11 is 3.18. The van der Waals surface area contributed by atoms with E-state index in [1.807, 2.05) is 30.3 Å². The Bertz CT molecular complexity index is 541. The number of nitrogens with one attached hydrogen (secondary N) is 2. The topological polar surface area (TPSA) is 83.8 Å². The molecule has 2 rings (SSSR count). The third kappa shape index (κ3) is 2.67. The van der Waals surface area contributed by atoms with Gasteiger partial charge in [-0.1, -0.05) is 46.3 Å². The molecular weight excluding hydrogens is 300 g/mol. The van der Waals surface area contributed by atoms with Gasteiger partial charge in [0.05, 0.1) is 10.3 Å². The lowest BCUT2D eigenvalue weighted by molar-refractivity contribution is -0.384. The van der Waals surface area contributed by atoms with Crippen LogP contribution in [0.3, 0.4) is 0 Å². The predicted octanol–water partition coefficient (Wildman–Crippen LogP) is 2.82. The highest BCUT2D eigenvalue weighted by atomic mass is 79.9. The first-order chi connectivity index (χ1) is 8.72. The largest absolute Gasteiger partial charge is 0.359 e. The van der Waals surface area contributed by atoms with Crippen molar-refractivity contribution in [2.24, 2.45) is 0 Å². The van der Waals surface area contributed by atoms with Crippen LogP contribution in [0, 0.1) is 10.1 Å². The first-order valence-electron chi connectivity index (χ1n) is 5.27. The molecule has 0 fully saturated rings. The van der Waals surface area contributed by atoms with Gasteiger partial charge >= 0.3 is 5.69 Å². The van der Waals surface area contributed by atoms with Gasteiger partial charge in [-0.2, -0.15) is 5.10 Å². The van der Waals surface area contributed by atoms with E-state index in [1.54, 1.807) is 0 Å². The Morgan fingerprint density at radius 2 is 2.11 bits per heavy atom. The number of nitrogens with zero attached hydrogens (tertiary/aromatic N) is 2. The highest BCUT2D eigenvalue weighted by Gasteiger charge is 2.23. The maximum Gasteiger partial charge on any atom is 0.334 e. The van der Waals surface area contributed by atoms with Crippen molar-refractivity contribution in [2.45, 2.75) is 11.9 Å². The van der Waals surface area contributed by atoms with Crippen molar-refractivity contribution in [3.05, 3.63) is 51.7 Å². The van der Waals surface area contributed by atoms with E-state index in [1.165, 1.54) is 0 Å². The number of nitro groups is 1. The molecule has 0 radical (unpaired) electrons. The molecule has 0 aliphatic heterocycles. The number of aromatic nitrogens is 2. The van der Waals surface area contributed by atoms with Crippen LogP contribution in [-0.4, -0.2) is 15.1 Å². The van der Waals surface area contributed by atoms with E-state index < -0.39 is 4.92 Å². The highest BCUT2D eigenvalue weighted by molar-refractivity contribution is 9.08. The van der Waals surface area contributed by atoms with E-state index in [-0.39, 0.29) is 11.5 Å². The van der Waals surface area contributed by atoms with Crippen molar-refractivity contribution in [3.8, 4) is 0 Å². The molecule has 0 bridgehead atoms. The second kappa shape index (κ2) is 5.63. The first kappa shape index (κ1) is 12.6. The smallest absolute Gasteiger partial charge is 0.334 e. The van der Waals surface area contributed by atoms with Gasteiger partial charge in [0.2, 0.25) is 5.82 Å². The molecule has 0 aliphatic rings. The van der Waals surface area contributed by atoms with Gasteiger partial charge in [0, 0.05) is 6.54 Å². The molecule has 1 heterocycles. The lowest BCUT2D eigenvalue weighted by Crippen LogP contribution is -2.02. The molecule has 1 aromatic heterocycles. The lowest BCUT2D eigenvalue weighted by atomic mass is 10.2.